The molecule has 1 saturated heterocycles. The van der Waals surface area contributed by atoms with Crippen LogP contribution >= 0.6 is 24.8 Å². The third-order valence-electron chi connectivity index (χ3n) is 3.62. The fraction of sp³-hybridized carbons (Fsp3) is 0.533. The molecular formula is C15H24Cl2FN3O. The molecule has 1 unspecified atom stereocenters. The molecule has 1 aromatic rings. The summed E-state index contributed by atoms with van der Waals surface area (Å²) in [5.41, 5.74) is 1.25. The summed E-state index contributed by atoms with van der Waals surface area (Å²) in [6, 6.07) is 4.61. The minimum Gasteiger partial charge on any atom is -0.381 e. The van der Waals surface area contributed by atoms with Gasteiger partial charge in [-0.25, -0.2) is 4.39 Å². The lowest BCUT2D eigenvalue weighted by Gasteiger charge is -2.31. The Bertz CT molecular complexity index is 496. The summed E-state index contributed by atoms with van der Waals surface area (Å²) < 4.78 is 13.4. The van der Waals surface area contributed by atoms with Crippen LogP contribution in [0, 0.1) is 17.7 Å². The fourth-order valence-electron chi connectivity index (χ4n) is 2.18. The van der Waals surface area contributed by atoms with E-state index in [4.69, 9.17) is 0 Å². The number of carbonyl (C=O) groups is 1. The van der Waals surface area contributed by atoms with E-state index in [-0.39, 0.29) is 48.5 Å². The molecule has 1 amide bonds. The van der Waals surface area contributed by atoms with Gasteiger partial charge in [-0.2, -0.15) is 0 Å². The zero-order chi connectivity index (χ0) is 14.7. The topological polar surface area (TPSA) is 53.2 Å². The van der Waals surface area contributed by atoms with Crippen LogP contribution in [0.25, 0.3) is 0 Å². The van der Waals surface area contributed by atoms with Crippen LogP contribution in [0.1, 0.15) is 20.8 Å². The molecule has 1 aromatic carbocycles. The van der Waals surface area contributed by atoms with Gasteiger partial charge in [0.15, 0.2) is 0 Å². The van der Waals surface area contributed by atoms with Crippen molar-refractivity contribution in [3.8, 4) is 0 Å². The van der Waals surface area contributed by atoms with E-state index in [9.17, 15) is 9.18 Å². The number of rotatable bonds is 5. The van der Waals surface area contributed by atoms with E-state index in [1.807, 2.05) is 20.8 Å². The minimum absolute atomic E-state index is 0. The Labute approximate surface area is 143 Å². The predicted octanol–water partition coefficient (Wildman–Crippen LogP) is 3.28. The van der Waals surface area contributed by atoms with Gasteiger partial charge in [-0.3, -0.25) is 4.79 Å². The zero-order valence-corrected chi connectivity index (χ0v) is 14.6. The molecule has 1 aliphatic rings. The van der Waals surface area contributed by atoms with E-state index >= 15 is 0 Å². The highest BCUT2D eigenvalue weighted by atomic mass is 35.5. The molecule has 0 bridgehead atoms. The van der Waals surface area contributed by atoms with Crippen molar-refractivity contribution in [2.24, 2.45) is 11.8 Å². The summed E-state index contributed by atoms with van der Waals surface area (Å²) in [5, 5.41) is 9.20. The third kappa shape index (κ3) is 5.30. The Morgan fingerprint density at radius 1 is 1.23 bits per heavy atom. The van der Waals surface area contributed by atoms with Crippen molar-refractivity contribution < 1.29 is 9.18 Å². The first-order valence-electron chi connectivity index (χ1n) is 7.05. The summed E-state index contributed by atoms with van der Waals surface area (Å²) in [4.78, 5) is 12.2. The van der Waals surface area contributed by atoms with Crippen molar-refractivity contribution in [2.75, 3.05) is 23.7 Å². The first-order chi connectivity index (χ1) is 9.47. The van der Waals surface area contributed by atoms with Crippen molar-refractivity contribution in [1.29, 1.82) is 0 Å². The Hall–Kier alpha value is -1.04. The van der Waals surface area contributed by atoms with Crippen LogP contribution in [0.5, 0.6) is 0 Å². The van der Waals surface area contributed by atoms with Crippen LogP contribution in [0.2, 0.25) is 0 Å². The smallest absolute Gasteiger partial charge is 0.227 e. The Morgan fingerprint density at radius 2 is 1.86 bits per heavy atom. The number of hydrogen-bond donors (Lipinski definition) is 3. The van der Waals surface area contributed by atoms with Crippen LogP contribution in [0.15, 0.2) is 18.2 Å². The maximum absolute atomic E-state index is 13.4. The van der Waals surface area contributed by atoms with Crippen molar-refractivity contribution in [2.45, 2.75) is 26.8 Å². The van der Waals surface area contributed by atoms with E-state index < -0.39 is 0 Å². The average Bonchev–Trinajstić information content (AvgIpc) is 2.29. The lowest BCUT2D eigenvalue weighted by Crippen LogP contribution is -2.48. The molecule has 1 atom stereocenters. The van der Waals surface area contributed by atoms with Gasteiger partial charge in [0.2, 0.25) is 5.91 Å². The van der Waals surface area contributed by atoms with Crippen LogP contribution < -0.4 is 16.0 Å². The van der Waals surface area contributed by atoms with Crippen LogP contribution in [-0.4, -0.2) is 25.0 Å². The second-order valence-electron chi connectivity index (χ2n) is 5.69. The summed E-state index contributed by atoms with van der Waals surface area (Å²) in [6.45, 7) is 7.65. The lowest BCUT2D eigenvalue weighted by molar-refractivity contribution is -0.121. The fourth-order valence-corrected chi connectivity index (χ4v) is 2.18. The largest absolute Gasteiger partial charge is 0.381 e. The van der Waals surface area contributed by atoms with Crippen molar-refractivity contribution in [3.05, 3.63) is 24.0 Å². The summed E-state index contributed by atoms with van der Waals surface area (Å²) >= 11 is 0. The molecule has 1 heterocycles. The third-order valence-corrected chi connectivity index (χ3v) is 3.62. The maximum Gasteiger partial charge on any atom is 0.227 e. The first kappa shape index (κ1) is 21.0. The summed E-state index contributed by atoms with van der Waals surface area (Å²) in [5.74, 6) is -0.127. The van der Waals surface area contributed by atoms with Gasteiger partial charge in [0.1, 0.15) is 5.82 Å². The van der Waals surface area contributed by atoms with Gasteiger partial charge in [0, 0.05) is 12.0 Å². The molecule has 0 spiro atoms. The molecule has 2 rings (SSSR count). The SMILES string of the molecule is CC(C)Nc1ccc(F)cc1NC(=O)C(C)C1CNC1.Cl.Cl. The molecule has 0 radical (unpaired) electrons. The second kappa shape index (κ2) is 9.18. The zero-order valence-electron chi connectivity index (χ0n) is 13.0. The van der Waals surface area contributed by atoms with E-state index in [1.54, 1.807) is 6.07 Å². The van der Waals surface area contributed by atoms with Crippen LogP contribution in [0.4, 0.5) is 15.8 Å². The molecule has 0 saturated carbocycles. The minimum atomic E-state index is -0.354. The second-order valence-corrected chi connectivity index (χ2v) is 5.69. The van der Waals surface area contributed by atoms with Crippen molar-refractivity contribution in [1.82, 2.24) is 5.32 Å². The lowest BCUT2D eigenvalue weighted by atomic mass is 9.88. The quantitative estimate of drug-likeness (QED) is 0.762. The first-order valence-corrected chi connectivity index (χ1v) is 7.05. The Morgan fingerprint density at radius 3 is 2.36 bits per heavy atom. The molecular weight excluding hydrogens is 328 g/mol. The molecule has 0 aliphatic carbocycles. The highest BCUT2D eigenvalue weighted by Crippen LogP contribution is 2.25. The molecule has 22 heavy (non-hydrogen) atoms. The van der Waals surface area contributed by atoms with Gasteiger partial charge in [-0.05, 0) is 51.1 Å². The molecule has 1 fully saturated rings. The van der Waals surface area contributed by atoms with E-state index in [0.29, 0.717) is 11.6 Å². The molecule has 3 N–H and O–H groups in total. The molecule has 1 aliphatic heterocycles. The highest BCUT2D eigenvalue weighted by molar-refractivity contribution is 5.95. The van der Waals surface area contributed by atoms with Crippen molar-refractivity contribution >= 4 is 42.1 Å². The number of amides is 1. The number of benzene rings is 1. The predicted molar refractivity (Wildman–Crippen MR) is 93.8 cm³/mol. The van der Waals surface area contributed by atoms with E-state index in [0.717, 1.165) is 18.8 Å². The highest BCUT2D eigenvalue weighted by Gasteiger charge is 2.29. The average molecular weight is 352 g/mol. The molecule has 126 valence electrons. The summed E-state index contributed by atoms with van der Waals surface area (Å²) in [6.07, 6.45) is 0. The van der Waals surface area contributed by atoms with E-state index in [1.165, 1.54) is 12.1 Å². The van der Waals surface area contributed by atoms with Gasteiger partial charge in [0.05, 0.1) is 11.4 Å². The van der Waals surface area contributed by atoms with E-state index in [2.05, 4.69) is 16.0 Å². The van der Waals surface area contributed by atoms with Crippen LogP contribution in [-0.2, 0) is 4.79 Å². The molecule has 4 nitrogen and oxygen atoms in total. The van der Waals surface area contributed by atoms with Gasteiger partial charge in [0.25, 0.3) is 0 Å². The Kier molecular flexibility index (Phi) is 8.74. The van der Waals surface area contributed by atoms with Gasteiger partial charge in [-0.1, -0.05) is 6.92 Å². The standard InChI is InChI=1S/C15H22FN3O.2ClH/c1-9(2)18-13-5-4-12(16)6-14(13)19-15(20)10(3)11-7-17-8-11;;/h4-6,9-11,17-18H,7-8H2,1-3H3,(H,19,20);2*1H. The number of anilines is 2. The number of hydrogen-bond acceptors (Lipinski definition) is 3. The van der Waals surface area contributed by atoms with Gasteiger partial charge < -0.3 is 16.0 Å². The maximum atomic E-state index is 13.4. The number of halogens is 3. The Balaban J connectivity index is 0.00000220. The number of nitrogens with one attached hydrogen (secondary N) is 3. The monoisotopic (exact) mass is 351 g/mol. The summed E-state index contributed by atoms with van der Waals surface area (Å²) in [7, 11) is 0. The van der Waals surface area contributed by atoms with Crippen molar-refractivity contribution in [3.63, 3.8) is 0 Å². The van der Waals surface area contributed by atoms with Gasteiger partial charge in [-0.15, -0.1) is 24.8 Å². The number of carbonyl (C=O) groups excluding carboxylic acids is 1. The van der Waals surface area contributed by atoms with Gasteiger partial charge >= 0.3 is 0 Å². The molecule has 7 heteroatoms. The molecule has 0 aromatic heterocycles. The normalized spacial score (nSPS) is 15.1. The van der Waals surface area contributed by atoms with Crippen LogP contribution in [0.3, 0.4) is 0 Å².